The smallest absolute Gasteiger partial charge is 0.253 e. The van der Waals surface area contributed by atoms with Gasteiger partial charge in [0.1, 0.15) is 0 Å². The molecule has 0 N–H and O–H groups in total. The summed E-state index contributed by atoms with van der Waals surface area (Å²) >= 11 is 1.71. The van der Waals surface area contributed by atoms with Crippen LogP contribution < -0.4 is 0 Å². The number of benzene rings is 1. The van der Waals surface area contributed by atoms with Crippen LogP contribution in [0.15, 0.2) is 41.8 Å². The lowest BCUT2D eigenvalue weighted by Crippen LogP contribution is -2.35. The molecule has 3 rings (SSSR count). The quantitative estimate of drug-likeness (QED) is 0.807. The molecule has 0 spiro atoms. The third kappa shape index (κ3) is 2.71. The molecule has 0 unspecified atom stereocenters. The van der Waals surface area contributed by atoms with Crippen molar-refractivity contribution in [2.24, 2.45) is 0 Å². The Labute approximate surface area is 117 Å². The fraction of sp³-hybridized carbons (Fsp3) is 0.312. The number of thiophene rings is 1. The molecule has 1 aromatic heterocycles. The van der Waals surface area contributed by atoms with Gasteiger partial charge in [0.2, 0.25) is 0 Å². The highest BCUT2D eigenvalue weighted by Crippen LogP contribution is 2.26. The minimum Gasteiger partial charge on any atom is -0.339 e. The van der Waals surface area contributed by atoms with Gasteiger partial charge in [0, 0.05) is 23.5 Å². The number of carbonyl (C=O) groups excluding carboxylic acids is 1. The van der Waals surface area contributed by atoms with Gasteiger partial charge in [0.25, 0.3) is 5.91 Å². The van der Waals surface area contributed by atoms with Crippen LogP contribution in [-0.4, -0.2) is 23.9 Å². The Morgan fingerprint density at radius 1 is 1.05 bits per heavy atom. The highest BCUT2D eigenvalue weighted by Gasteiger charge is 2.18. The lowest BCUT2D eigenvalue weighted by Gasteiger charge is -2.26. The van der Waals surface area contributed by atoms with Gasteiger partial charge in [-0.15, -0.1) is 11.3 Å². The van der Waals surface area contributed by atoms with Gasteiger partial charge >= 0.3 is 0 Å². The summed E-state index contributed by atoms with van der Waals surface area (Å²) in [7, 11) is 0. The molecule has 1 aliphatic rings. The molecule has 0 radical (unpaired) electrons. The zero-order chi connectivity index (χ0) is 13.1. The molecule has 1 fully saturated rings. The summed E-state index contributed by atoms with van der Waals surface area (Å²) in [6.07, 6.45) is 3.52. The van der Waals surface area contributed by atoms with E-state index in [0.717, 1.165) is 37.1 Å². The summed E-state index contributed by atoms with van der Waals surface area (Å²) in [5.41, 5.74) is 1.95. The van der Waals surface area contributed by atoms with Crippen LogP contribution in [0.2, 0.25) is 0 Å². The summed E-state index contributed by atoms with van der Waals surface area (Å²) in [6.45, 7) is 1.81. The SMILES string of the molecule is O=C(c1cccc(-c2cccs2)c1)N1CCCCC1. The second-order valence-corrected chi connectivity index (χ2v) is 5.86. The zero-order valence-electron chi connectivity index (χ0n) is 10.8. The van der Waals surface area contributed by atoms with Gasteiger partial charge in [0.05, 0.1) is 0 Å². The van der Waals surface area contributed by atoms with E-state index in [1.807, 2.05) is 29.2 Å². The Kier molecular flexibility index (Phi) is 3.65. The normalized spacial score (nSPS) is 15.5. The van der Waals surface area contributed by atoms with Gasteiger partial charge in [0.15, 0.2) is 0 Å². The minimum absolute atomic E-state index is 0.179. The van der Waals surface area contributed by atoms with E-state index >= 15 is 0 Å². The van der Waals surface area contributed by atoms with Crippen molar-refractivity contribution in [1.82, 2.24) is 4.90 Å². The lowest BCUT2D eigenvalue weighted by molar-refractivity contribution is 0.0724. The Morgan fingerprint density at radius 2 is 1.89 bits per heavy atom. The van der Waals surface area contributed by atoms with Crippen LogP contribution in [0.1, 0.15) is 29.6 Å². The third-order valence-electron chi connectivity index (χ3n) is 3.56. The fourth-order valence-corrected chi connectivity index (χ4v) is 3.25. The van der Waals surface area contributed by atoms with Gasteiger partial charge in [-0.2, -0.15) is 0 Å². The topological polar surface area (TPSA) is 20.3 Å². The second kappa shape index (κ2) is 5.57. The van der Waals surface area contributed by atoms with Crippen molar-refractivity contribution < 1.29 is 4.79 Å². The van der Waals surface area contributed by atoms with E-state index in [9.17, 15) is 4.79 Å². The molecule has 3 heteroatoms. The van der Waals surface area contributed by atoms with E-state index in [2.05, 4.69) is 17.5 Å². The molecule has 1 aromatic carbocycles. The zero-order valence-corrected chi connectivity index (χ0v) is 11.7. The van der Waals surface area contributed by atoms with E-state index < -0.39 is 0 Å². The first kappa shape index (κ1) is 12.4. The molecule has 0 saturated carbocycles. The first-order valence-electron chi connectivity index (χ1n) is 6.78. The number of amides is 1. The molecule has 98 valence electrons. The van der Waals surface area contributed by atoms with E-state index in [1.165, 1.54) is 11.3 Å². The van der Waals surface area contributed by atoms with Crippen LogP contribution in [0.5, 0.6) is 0 Å². The maximum atomic E-state index is 12.5. The van der Waals surface area contributed by atoms with Crippen molar-refractivity contribution in [2.75, 3.05) is 13.1 Å². The van der Waals surface area contributed by atoms with Crippen LogP contribution in [0, 0.1) is 0 Å². The standard InChI is InChI=1S/C16H17NOS/c18-16(17-9-2-1-3-10-17)14-7-4-6-13(12-14)15-8-5-11-19-15/h4-8,11-12H,1-3,9-10H2. The van der Waals surface area contributed by atoms with Crippen molar-refractivity contribution in [1.29, 1.82) is 0 Å². The van der Waals surface area contributed by atoms with Crippen LogP contribution >= 0.6 is 11.3 Å². The molecule has 1 aliphatic heterocycles. The molecule has 0 bridgehead atoms. The summed E-state index contributed by atoms with van der Waals surface area (Å²) in [5.74, 6) is 0.179. The van der Waals surface area contributed by atoms with Crippen LogP contribution in [0.3, 0.4) is 0 Å². The van der Waals surface area contributed by atoms with Crippen LogP contribution in [0.4, 0.5) is 0 Å². The van der Waals surface area contributed by atoms with Crippen molar-refractivity contribution in [3.05, 3.63) is 47.3 Å². The molecule has 1 saturated heterocycles. The summed E-state index contributed by atoms with van der Waals surface area (Å²) in [6, 6.07) is 12.1. The monoisotopic (exact) mass is 271 g/mol. The molecule has 0 atom stereocenters. The van der Waals surface area contributed by atoms with Gasteiger partial charge in [-0.3, -0.25) is 4.79 Å². The molecule has 19 heavy (non-hydrogen) atoms. The van der Waals surface area contributed by atoms with E-state index in [0.29, 0.717) is 0 Å². The average molecular weight is 271 g/mol. The van der Waals surface area contributed by atoms with Gasteiger partial charge in [-0.05, 0) is 48.4 Å². The largest absolute Gasteiger partial charge is 0.339 e. The minimum atomic E-state index is 0.179. The van der Waals surface area contributed by atoms with Crippen LogP contribution in [0.25, 0.3) is 10.4 Å². The first-order chi connectivity index (χ1) is 9.34. The highest BCUT2D eigenvalue weighted by atomic mass is 32.1. The second-order valence-electron chi connectivity index (χ2n) is 4.91. The van der Waals surface area contributed by atoms with Crippen molar-refractivity contribution >= 4 is 17.2 Å². The van der Waals surface area contributed by atoms with Crippen molar-refractivity contribution in [2.45, 2.75) is 19.3 Å². The molecule has 2 nitrogen and oxygen atoms in total. The Hall–Kier alpha value is -1.61. The summed E-state index contributed by atoms with van der Waals surface area (Å²) in [4.78, 5) is 15.7. The molecule has 2 aromatic rings. The van der Waals surface area contributed by atoms with Crippen molar-refractivity contribution in [3.8, 4) is 10.4 Å². The highest BCUT2D eigenvalue weighted by molar-refractivity contribution is 7.13. The number of hydrogen-bond donors (Lipinski definition) is 0. The predicted molar refractivity (Wildman–Crippen MR) is 79.5 cm³/mol. The number of rotatable bonds is 2. The first-order valence-corrected chi connectivity index (χ1v) is 7.66. The maximum absolute atomic E-state index is 12.5. The number of piperidine rings is 1. The average Bonchev–Trinajstić information content (AvgIpc) is 3.02. The lowest BCUT2D eigenvalue weighted by atomic mass is 10.1. The van der Waals surface area contributed by atoms with E-state index in [-0.39, 0.29) is 5.91 Å². The molecule has 1 amide bonds. The third-order valence-corrected chi connectivity index (χ3v) is 4.48. The fourth-order valence-electron chi connectivity index (χ4n) is 2.53. The number of hydrogen-bond acceptors (Lipinski definition) is 2. The molecular weight excluding hydrogens is 254 g/mol. The van der Waals surface area contributed by atoms with E-state index in [4.69, 9.17) is 0 Å². The number of carbonyl (C=O) groups is 1. The summed E-state index contributed by atoms with van der Waals surface area (Å²) < 4.78 is 0. The molecule has 0 aliphatic carbocycles. The number of likely N-dealkylation sites (tertiary alicyclic amines) is 1. The van der Waals surface area contributed by atoms with Gasteiger partial charge < -0.3 is 4.90 Å². The molecular formula is C16H17NOS. The Bertz CT molecular complexity index is 556. The van der Waals surface area contributed by atoms with Crippen molar-refractivity contribution in [3.63, 3.8) is 0 Å². The van der Waals surface area contributed by atoms with E-state index in [1.54, 1.807) is 11.3 Å². The van der Waals surface area contributed by atoms with Crippen LogP contribution in [-0.2, 0) is 0 Å². The number of nitrogens with zero attached hydrogens (tertiary/aromatic N) is 1. The predicted octanol–water partition coefficient (Wildman–Crippen LogP) is 4.04. The van der Waals surface area contributed by atoms with Gasteiger partial charge in [-0.1, -0.05) is 18.2 Å². The van der Waals surface area contributed by atoms with Gasteiger partial charge in [-0.25, -0.2) is 0 Å². The Balaban J connectivity index is 1.84. The maximum Gasteiger partial charge on any atom is 0.253 e. The Morgan fingerprint density at radius 3 is 2.63 bits per heavy atom. The summed E-state index contributed by atoms with van der Waals surface area (Å²) in [5, 5.41) is 2.06. The molecule has 2 heterocycles.